The molecule has 1 heterocycles. The zero-order valence-corrected chi connectivity index (χ0v) is 16.8. The molecule has 0 aliphatic carbocycles. The molecule has 0 amide bonds. The van der Waals surface area contributed by atoms with Crippen molar-refractivity contribution < 1.29 is 14.2 Å². The lowest BCUT2D eigenvalue weighted by molar-refractivity contribution is -0.0734. The summed E-state index contributed by atoms with van der Waals surface area (Å²) in [5, 5.41) is 0. The highest BCUT2D eigenvalue weighted by Crippen LogP contribution is 2.32. The van der Waals surface area contributed by atoms with E-state index in [4.69, 9.17) is 14.2 Å². The molecule has 1 aliphatic rings. The fraction of sp³-hybridized carbons (Fsp3) is 0.714. The van der Waals surface area contributed by atoms with Crippen LogP contribution in [0.1, 0.15) is 45.7 Å². The van der Waals surface area contributed by atoms with Crippen LogP contribution < -0.4 is 4.74 Å². The molecule has 0 saturated carbocycles. The molecule has 1 aromatic rings. The van der Waals surface area contributed by atoms with E-state index in [0.29, 0.717) is 25.4 Å². The molecule has 1 aromatic carbocycles. The molecule has 2 unspecified atom stereocenters. The number of hydrogen-bond acceptors (Lipinski definition) is 4. The average Bonchev–Trinajstić information content (AvgIpc) is 2.48. The van der Waals surface area contributed by atoms with Crippen LogP contribution in [0.5, 0.6) is 5.75 Å². The van der Waals surface area contributed by atoms with Gasteiger partial charge in [0.15, 0.2) is 0 Å². The maximum atomic E-state index is 6.01. The van der Waals surface area contributed by atoms with Crippen molar-refractivity contribution in [3.05, 3.63) is 29.3 Å². The number of rotatable bonds is 7. The van der Waals surface area contributed by atoms with Gasteiger partial charge in [-0.1, -0.05) is 32.9 Å². The summed E-state index contributed by atoms with van der Waals surface area (Å²) in [5.74, 6) is 0.979. The minimum atomic E-state index is 0.0770. The molecular weight excluding hydrogens is 314 g/mol. The molecule has 2 rings (SSSR count). The zero-order valence-electron chi connectivity index (χ0n) is 16.8. The van der Waals surface area contributed by atoms with Gasteiger partial charge in [-0.05, 0) is 43.4 Å². The van der Waals surface area contributed by atoms with Gasteiger partial charge in [0.25, 0.3) is 0 Å². The maximum Gasteiger partial charge on any atom is 0.123 e. The summed E-state index contributed by atoms with van der Waals surface area (Å²) in [7, 11) is 0. The maximum absolute atomic E-state index is 6.01. The van der Waals surface area contributed by atoms with Gasteiger partial charge in [0, 0.05) is 19.6 Å². The van der Waals surface area contributed by atoms with Gasteiger partial charge in [0.05, 0.1) is 25.4 Å². The van der Waals surface area contributed by atoms with E-state index < -0.39 is 0 Å². The molecule has 0 aromatic heterocycles. The first-order valence-electron chi connectivity index (χ1n) is 9.45. The number of ether oxygens (including phenoxy) is 3. The van der Waals surface area contributed by atoms with Crippen LogP contribution in [0.2, 0.25) is 0 Å². The van der Waals surface area contributed by atoms with Crippen molar-refractivity contribution in [2.24, 2.45) is 0 Å². The molecule has 4 nitrogen and oxygen atoms in total. The van der Waals surface area contributed by atoms with Gasteiger partial charge >= 0.3 is 0 Å². The smallest absolute Gasteiger partial charge is 0.123 e. The minimum absolute atomic E-state index is 0.0770. The van der Waals surface area contributed by atoms with Crippen LogP contribution in [0.4, 0.5) is 0 Å². The fourth-order valence-electron chi connectivity index (χ4n) is 3.34. The van der Waals surface area contributed by atoms with Crippen molar-refractivity contribution in [2.45, 2.75) is 59.2 Å². The second-order valence-electron chi connectivity index (χ2n) is 8.23. The predicted octanol–water partition coefficient (Wildman–Crippen LogP) is 3.80. The molecule has 1 aliphatic heterocycles. The van der Waals surface area contributed by atoms with E-state index in [2.05, 4.69) is 64.6 Å². The summed E-state index contributed by atoms with van der Waals surface area (Å²) in [6.45, 7) is 17.9. The van der Waals surface area contributed by atoms with Crippen LogP contribution >= 0.6 is 0 Å². The third-order valence-corrected chi connectivity index (χ3v) is 4.48. The lowest BCUT2D eigenvalue weighted by atomic mass is 9.86. The number of nitrogens with zero attached hydrogens (tertiary/aromatic N) is 1. The van der Waals surface area contributed by atoms with E-state index in [1.54, 1.807) is 0 Å². The van der Waals surface area contributed by atoms with E-state index in [0.717, 1.165) is 32.0 Å². The van der Waals surface area contributed by atoms with Crippen molar-refractivity contribution in [1.82, 2.24) is 4.90 Å². The van der Waals surface area contributed by atoms with Crippen molar-refractivity contribution in [3.8, 4) is 5.75 Å². The molecule has 25 heavy (non-hydrogen) atoms. The highest BCUT2D eigenvalue weighted by Gasteiger charge is 2.21. The molecule has 0 spiro atoms. The van der Waals surface area contributed by atoms with Crippen LogP contribution in [0, 0.1) is 6.92 Å². The van der Waals surface area contributed by atoms with E-state index in [1.165, 1.54) is 11.1 Å². The summed E-state index contributed by atoms with van der Waals surface area (Å²) in [6, 6.07) is 6.44. The largest absolute Gasteiger partial charge is 0.491 e. The van der Waals surface area contributed by atoms with Crippen LogP contribution in [-0.2, 0) is 14.9 Å². The van der Waals surface area contributed by atoms with Gasteiger partial charge in [0.1, 0.15) is 12.4 Å². The Morgan fingerprint density at radius 2 is 1.76 bits per heavy atom. The van der Waals surface area contributed by atoms with Gasteiger partial charge in [-0.2, -0.15) is 0 Å². The highest BCUT2D eigenvalue weighted by molar-refractivity contribution is 5.41. The molecule has 0 N–H and O–H groups in total. The molecule has 1 saturated heterocycles. The molecule has 2 atom stereocenters. The molecule has 0 bridgehead atoms. The first-order chi connectivity index (χ1) is 11.8. The van der Waals surface area contributed by atoms with Gasteiger partial charge < -0.3 is 14.2 Å². The number of morpholine rings is 1. The minimum Gasteiger partial charge on any atom is -0.491 e. The summed E-state index contributed by atoms with van der Waals surface area (Å²) in [4.78, 5) is 2.41. The number of aryl methyl sites for hydroxylation is 1. The Morgan fingerprint density at radius 1 is 1.08 bits per heavy atom. The van der Waals surface area contributed by atoms with Gasteiger partial charge in [-0.3, -0.25) is 4.90 Å². The summed E-state index contributed by atoms with van der Waals surface area (Å²) in [6.07, 6.45) is 0.619. The van der Waals surface area contributed by atoms with Crippen LogP contribution in [0.25, 0.3) is 0 Å². The normalized spacial score (nSPS) is 22.2. The SMILES string of the molecule is Cc1ccc(C(C)(C)C)c(OCCOCCN2CC(C)OC(C)C2)c1. The Kier molecular flexibility index (Phi) is 7.29. The van der Waals surface area contributed by atoms with E-state index in [1.807, 2.05) is 0 Å². The highest BCUT2D eigenvalue weighted by atomic mass is 16.5. The van der Waals surface area contributed by atoms with Crippen LogP contribution in [0.15, 0.2) is 18.2 Å². The van der Waals surface area contributed by atoms with Gasteiger partial charge in [0.2, 0.25) is 0 Å². The zero-order chi connectivity index (χ0) is 18.4. The number of benzene rings is 1. The average molecular weight is 350 g/mol. The second kappa shape index (κ2) is 9.02. The summed E-state index contributed by atoms with van der Waals surface area (Å²) < 4.78 is 17.5. The predicted molar refractivity (Wildman–Crippen MR) is 103 cm³/mol. The van der Waals surface area contributed by atoms with Crippen molar-refractivity contribution in [3.63, 3.8) is 0 Å². The second-order valence-corrected chi connectivity index (χ2v) is 8.23. The Labute approximate surface area is 153 Å². The van der Waals surface area contributed by atoms with Crippen molar-refractivity contribution in [1.29, 1.82) is 0 Å². The monoisotopic (exact) mass is 349 g/mol. The summed E-state index contributed by atoms with van der Waals surface area (Å²) >= 11 is 0. The molecule has 4 heteroatoms. The Hall–Kier alpha value is -1.10. The Balaban J connectivity index is 1.70. The van der Waals surface area contributed by atoms with E-state index in [9.17, 15) is 0 Å². The van der Waals surface area contributed by atoms with Gasteiger partial charge in [-0.15, -0.1) is 0 Å². The molecule has 142 valence electrons. The quantitative estimate of drug-likeness (QED) is 0.701. The lowest BCUT2D eigenvalue weighted by Gasteiger charge is -2.35. The molecule has 1 fully saturated rings. The summed E-state index contributed by atoms with van der Waals surface area (Å²) in [5.41, 5.74) is 2.54. The molecular formula is C21H35NO3. The van der Waals surface area contributed by atoms with Gasteiger partial charge in [-0.25, -0.2) is 0 Å². The molecule has 0 radical (unpaired) electrons. The Bertz CT molecular complexity index is 528. The first kappa shape index (κ1) is 20.2. The van der Waals surface area contributed by atoms with E-state index in [-0.39, 0.29) is 5.41 Å². The fourth-order valence-corrected chi connectivity index (χ4v) is 3.34. The standard InChI is InChI=1S/C21H35NO3/c1-16-7-8-19(21(4,5)6)20(13-16)24-12-11-23-10-9-22-14-17(2)25-18(3)15-22/h7-8,13,17-18H,9-12,14-15H2,1-6H3. The Morgan fingerprint density at radius 3 is 2.40 bits per heavy atom. The third-order valence-electron chi connectivity index (χ3n) is 4.48. The van der Waals surface area contributed by atoms with Crippen LogP contribution in [-0.4, -0.2) is 56.6 Å². The van der Waals surface area contributed by atoms with Crippen molar-refractivity contribution in [2.75, 3.05) is 39.5 Å². The van der Waals surface area contributed by atoms with Crippen LogP contribution in [0.3, 0.4) is 0 Å². The van der Waals surface area contributed by atoms with E-state index >= 15 is 0 Å². The lowest BCUT2D eigenvalue weighted by Crippen LogP contribution is -2.46. The number of hydrogen-bond donors (Lipinski definition) is 0. The van der Waals surface area contributed by atoms with Crippen molar-refractivity contribution >= 4 is 0 Å². The third kappa shape index (κ3) is 6.61. The first-order valence-corrected chi connectivity index (χ1v) is 9.45. The topological polar surface area (TPSA) is 30.9 Å².